The molecule has 1 N–H and O–H groups in total. The fraction of sp³-hybridized carbons (Fsp3) is 0.409. The molecule has 3 heterocycles. The molecule has 1 aliphatic rings. The lowest BCUT2D eigenvalue weighted by Gasteiger charge is -2.40. The Morgan fingerprint density at radius 3 is 2.77 bits per heavy atom. The van der Waals surface area contributed by atoms with Crippen molar-refractivity contribution in [3.8, 4) is 0 Å². The SMILES string of the molecule is CCn1cc(C(=O)O)c(=O)c2c3cc(N4CCCC(C)(C)C4)c(Cl)c(F)c3ncc21. The maximum Gasteiger partial charge on any atom is 0.341 e. The number of fused-ring (bicyclic) bond motifs is 3. The summed E-state index contributed by atoms with van der Waals surface area (Å²) in [5.74, 6) is -2.01. The highest BCUT2D eigenvalue weighted by atomic mass is 35.5. The molecule has 0 saturated carbocycles. The third kappa shape index (κ3) is 3.21. The van der Waals surface area contributed by atoms with Gasteiger partial charge in [-0.15, -0.1) is 0 Å². The molecule has 8 heteroatoms. The predicted octanol–water partition coefficient (Wildman–Crippen LogP) is 4.69. The zero-order valence-electron chi connectivity index (χ0n) is 17.1. The number of carboxylic acids is 1. The monoisotopic (exact) mass is 431 g/mol. The number of anilines is 1. The molecule has 0 unspecified atom stereocenters. The van der Waals surface area contributed by atoms with E-state index < -0.39 is 17.2 Å². The van der Waals surface area contributed by atoms with Crippen LogP contribution in [0, 0.1) is 11.2 Å². The van der Waals surface area contributed by atoms with E-state index in [1.165, 1.54) is 12.4 Å². The maximum absolute atomic E-state index is 15.3. The average molecular weight is 432 g/mol. The highest BCUT2D eigenvalue weighted by Gasteiger charge is 2.29. The van der Waals surface area contributed by atoms with Crippen molar-refractivity contribution in [1.29, 1.82) is 0 Å². The van der Waals surface area contributed by atoms with Crippen molar-refractivity contribution in [2.45, 2.75) is 40.2 Å². The van der Waals surface area contributed by atoms with Crippen LogP contribution in [0.3, 0.4) is 0 Å². The third-order valence-electron chi connectivity index (χ3n) is 5.88. The number of nitrogens with zero attached hydrogens (tertiary/aromatic N) is 3. The Balaban J connectivity index is 2.09. The van der Waals surface area contributed by atoms with E-state index in [-0.39, 0.29) is 32.3 Å². The van der Waals surface area contributed by atoms with Crippen molar-refractivity contribution in [3.63, 3.8) is 0 Å². The van der Waals surface area contributed by atoms with Crippen LogP contribution >= 0.6 is 11.6 Å². The summed E-state index contributed by atoms with van der Waals surface area (Å²) < 4.78 is 16.9. The van der Waals surface area contributed by atoms with Gasteiger partial charge in [0.05, 0.1) is 22.8 Å². The number of aryl methyl sites for hydroxylation is 1. The summed E-state index contributed by atoms with van der Waals surface area (Å²) in [4.78, 5) is 31.0. The number of benzene rings is 1. The molecule has 1 fully saturated rings. The molecule has 0 amide bonds. The molecular weight excluding hydrogens is 409 g/mol. The van der Waals surface area contributed by atoms with Gasteiger partial charge in [0.1, 0.15) is 16.1 Å². The summed E-state index contributed by atoms with van der Waals surface area (Å²) in [7, 11) is 0. The lowest BCUT2D eigenvalue weighted by molar-refractivity contribution is 0.0695. The van der Waals surface area contributed by atoms with E-state index in [0.29, 0.717) is 24.3 Å². The van der Waals surface area contributed by atoms with Crippen LogP contribution in [0.2, 0.25) is 5.02 Å². The van der Waals surface area contributed by atoms with Crippen molar-refractivity contribution in [1.82, 2.24) is 9.55 Å². The Hall–Kier alpha value is -2.67. The van der Waals surface area contributed by atoms with E-state index in [2.05, 4.69) is 18.8 Å². The molecular formula is C22H23ClFN3O3. The minimum Gasteiger partial charge on any atom is -0.477 e. The van der Waals surface area contributed by atoms with Crippen LogP contribution in [-0.4, -0.2) is 33.7 Å². The normalized spacial score (nSPS) is 16.4. The van der Waals surface area contributed by atoms with Crippen LogP contribution in [0.25, 0.3) is 21.8 Å². The fourth-order valence-corrected chi connectivity index (χ4v) is 4.66. The van der Waals surface area contributed by atoms with Gasteiger partial charge < -0.3 is 14.6 Å². The largest absolute Gasteiger partial charge is 0.477 e. The molecule has 0 spiro atoms. The van der Waals surface area contributed by atoms with Crippen molar-refractivity contribution >= 4 is 45.1 Å². The molecule has 0 radical (unpaired) electrons. The Morgan fingerprint density at radius 1 is 1.40 bits per heavy atom. The van der Waals surface area contributed by atoms with Crippen LogP contribution in [-0.2, 0) is 6.54 Å². The molecule has 1 saturated heterocycles. The second-order valence-corrected chi connectivity index (χ2v) is 8.97. The predicted molar refractivity (Wildman–Crippen MR) is 116 cm³/mol. The average Bonchev–Trinajstić information content (AvgIpc) is 2.69. The van der Waals surface area contributed by atoms with Gasteiger partial charge >= 0.3 is 5.97 Å². The van der Waals surface area contributed by atoms with Gasteiger partial charge in [-0.2, -0.15) is 0 Å². The molecule has 0 atom stereocenters. The molecule has 3 aromatic rings. The van der Waals surface area contributed by atoms with E-state index in [4.69, 9.17) is 11.6 Å². The number of carbonyl (C=O) groups is 1. The van der Waals surface area contributed by atoms with Gasteiger partial charge in [-0.3, -0.25) is 9.78 Å². The zero-order valence-corrected chi connectivity index (χ0v) is 17.9. The third-order valence-corrected chi connectivity index (χ3v) is 6.24. The van der Waals surface area contributed by atoms with E-state index in [1.54, 1.807) is 10.6 Å². The Morgan fingerprint density at radius 2 is 2.13 bits per heavy atom. The first-order chi connectivity index (χ1) is 14.1. The van der Waals surface area contributed by atoms with Gasteiger partial charge in [0.2, 0.25) is 5.43 Å². The first kappa shape index (κ1) is 20.6. The van der Waals surface area contributed by atoms with Crippen molar-refractivity contribution in [2.24, 2.45) is 5.41 Å². The number of aromatic carboxylic acids is 1. The Bertz CT molecular complexity index is 1250. The van der Waals surface area contributed by atoms with Gasteiger partial charge in [0.25, 0.3) is 0 Å². The van der Waals surface area contributed by atoms with Gasteiger partial charge in [-0.1, -0.05) is 25.4 Å². The number of piperidine rings is 1. The number of hydrogen-bond donors (Lipinski definition) is 1. The van der Waals surface area contributed by atoms with Crippen molar-refractivity contribution in [2.75, 3.05) is 18.0 Å². The summed E-state index contributed by atoms with van der Waals surface area (Å²) >= 11 is 6.40. The maximum atomic E-state index is 15.3. The lowest BCUT2D eigenvalue weighted by atomic mass is 9.84. The molecule has 4 rings (SSSR count). The smallest absolute Gasteiger partial charge is 0.341 e. The molecule has 30 heavy (non-hydrogen) atoms. The van der Waals surface area contributed by atoms with Gasteiger partial charge in [-0.25, -0.2) is 9.18 Å². The van der Waals surface area contributed by atoms with E-state index in [0.717, 1.165) is 19.4 Å². The van der Waals surface area contributed by atoms with Gasteiger partial charge in [0.15, 0.2) is 5.82 Å². The van der Waals surface area contributed by atoms with E-state index in [9.17, 15) is 14.7 Å². The summed E-state index contributed by atoms with van der Waals surface area (Å²) in [6, 6.07) is 1.69. The molecule has 2 aromatic heterocycles. The fourth-order valence-electron chi connectivity index (χ4n) is 4.40. The number of pyridine rings is 2. The topological polar surface area (TPSA) is 75.4 Å². The minimum absolute atomic E-state index is 0.0303. The molecule has 0 bridgehead atoms. The van der Waals surface area contributed by atoms with E-state index >= 15 is 4.39 Å². The quantitative estimate of drug-likeness (QED) is 0.609. The van der Waals surface area contributed by atoms with Crippen LogP contribution in [0.5, 0.6) is 0 Å². The van der Waals surface area contributed by atoms with E-state index in [1.807, 2.05) is 11.8 Å². The summed E-state index contributed by atoms with van der Waals surface area (Å²) in [5.41, 5.74) is -0.0161. The second-order valence-electron chi connectivity index (χ2n) is 8.59. The first-order valence-electron chi connectivity index (χ1n) is 9.96. The summed E-state index contributed by atoms with van der Waals surface area (Å²) in [6.45, 7) is 8.01. The standard InChI is InChI=1S/C22H23ClFN3O3/c1-4-26-10-13(21(29)30)20(28)16-12-8-14(27-7-5-6-22(2,3)11-27)17(23)18(24)19(12)25-9-15(16)26/h8-10H,4-7,11H2,1-3H3,(H,29,30). The van der Waals surface area contributed by atoms with Crippen molar-refractivity contribution < 1.29 is 14.3 Å². The minimum atomic E-state index is -1.32. The van der Waals surface area contributed by atoms with Crippen LogP contribution < -0.4 is 10.3 Å². The Labute approximate surface area is 177 Å². The zero-order chi connectivity index (χ0) is 21.8. The molecule has 0 aliphatic carbocycles. The second kappa shape index (κ2) is 7.23. The first-order valence-corrected chi connectivity index (χ1v) is 10.3. The number of rotatable bonds is 3. The highest BCUT2D eigenvalue weighted by Crippen LogP contribution is 2.39. The number of carboxylic acid groups (broad SMARTS) is 1. The summed E-state index contributed by atoms with van der Waals surface area (Å²) in [5, 5.41) is 9.90. The number of hydrogen-bond acceptors (Lipinski definition) is 4. The highest BCUT2D eigenvalue weighted by molar-refractivity contribution is 6.34. The van der Waals surface area contributed by atoms with Crippen molar-refractivity contribution in [3.05, 3.63) is 45.1 Å². The number of aromatic nitrogens is 2. The van der Waals surface area contributed by atoms with Gasteiger partial charge in [-0.05, 0) is 31.2 Å². The number of halogens is 2. The van der Waals surface area contributed by atoms with Gasteiger partial charge in [0, 0.05) is 31.2 Å². The van der Waals surface area contributed by atoms with Crippen LogP contribution in [0.4, 0.5) is 10.1 Å². The summed E-state index contributed by atoms with van der Waals surface area (Å²) in [6.07, 6.45) is 4.71. The molecule has 6 nitrogen and oxygen atoms in total. The van der Waals surface area contributed by atoms with Crippen LogP contribution in [0.15, 0.2) is 23.3 Å². The lowest BCUT2D eigenvalue weighted by Crippen LogP contribution is -2.40. The van der Waals surface area contributed by atoms with Crippen LogP contribution in [0.1, 0.15) is 44.0 Å². The molecule has 1 aliphatic heterocycles. The molecule has 1 aromatic carbocycles. The molecule has 158 valence electrons. The Kier molecular flexibility index (Phi) is 4.97.